The molecule has 0 aliphatic rings. The smallest absolute Gasteiger partial charge is 0.156 e. The lowest BCUT2D eigenvalue weighted by molar-refractivity contribution is -0.117. The fourth-order valence-electron chi connectivity index (χ4n) is 2.16. The average molecular weight is 224 g/mol. The highest BCUT2D eigenvalue weighted by atomic mass is 16.1. The molecule has 16 heavy (non-hydrogen) atoms. The van der Waals surface area contributed by atoms with Crippen LogP contribution in [0.15, 0.2) is 11.1 Å². The molecule has 0 aromatic heterocycles. The van der Waals surface area contributed by atoms with Crippen LogP contribution in [0.1, 0.15) is 55.4 Å². The van der Waals surface area contributed by atoms with E-state index in [9.17, 15) is 9.59 Å². The van der Waals surface area contributed by atoms with E-state index in [0.717, 1.165) is 0 Å². The van der Waals surface area contributed by atoms with Gasteiger partial charge in [-0.05, 0) is 24.7 Å². The first-order valence-electron chi connectivity index (χ1n) is 5.66. The van der Waals surface area contributed by atoms with Crippen molar-refractivity contribution in [2.45, 2.75) is 55.4 Å². The van der Waals surface area contributed by atoms with Crippen molar-refractivity contribution in [3.63, 3.8) is 0 Å². The lowest BCUT2D eigenvalue weighted by atomic mass is 9.72. The van der Waals surface area contributed by atoms with Gasteiger partial charge in [0, 0.05) is 11.1 Å². The lowest BCUT2D eigenvalue weighted by Crippen LogP contribution is -2.27. The highest BCUT2D eigenvalue weighted by Crippen LogP contribution is 2.37. The Morgan fingerprint density at radius 1 is 0.625 bits per heavy atom. The van der Waals surface area contributed by atoms with E-state index in [1.165, 1.54) is 13.8 Å². The van der Waals surface area contributed by atoms with Gasteiger partial charge in [0.2, 0.25) is 0 Å². The van der Waals surface area contributed by atoms with Crippen LogP contribution in [0, 0.1) is 10.8 Å². The molecule has 0 fully saturated rings. The molecule has 0 spiro atoms. The zero-order chi connectivity index (χ0) is 13.3. The third-order valence-electron chi connectivity index (χ3n) is 2.45. The molecule has 0 rings (SSSR count). The summed E-state index contributed by atoms with van der Waals surface area (Å²) in [5, 5.41) is 0. The molecule has 92 valence electrons. The summed E-state index contributed by atoms with van der Waals surface area (Å²) in [5.74, 6) is -0.0137. The van der Waals surface area contributed by atoms with Crippen molar-refractivity contribution in [2.75, 3.05) is 0 Å². The molecule has 0 amide bonds. The van der Waals surface area contributed by atoms with Crippen LogP contribution in [0.4, 0.5) is 0 Å². The zero-order valence-electron chi connectivity index (χ0n) is 11.8. The maximum atomic E-state index is 11.8. The Bertz CT molecular complexity index is 299. The predicted molar refractivity (Wildman–Crippen MR) is 67.3 cm³/mol. The number of allylic oxidation sites excluding steroid dienone is 2. The quantitative estimate of drug-likeness (QED) is 0.672. The van der Waals surface area contributed by atoms with Crippen molar-refractivity contribution in [1.29, 1.82) is 0 Å². The van der Waals surface area contributed by atoms with Gasteiger partial charge < -0.3 is 0 Å². The molecule has 0 aliphatic carbocycles. The summed E-state index contributed by atoms with van der Waals surface area (Å²) in [6.45, 7) is 14.9. The molecule has 0 heterocycles. The van der Waals surface area contributed by atoms with Crippen LogP contribution in [-0.2, 0) is 9.59 Å². The van der Waals surface area contributed by atoms with Crippen LogP contribution >= 0.6 is 0 Å². The maximum Gasteiger partial charge on any atom is 0.156 e. The molecular weight excluding hydrogens is 200 g/mol. The van der Waals surface area contributed by atoms with Crippen LogP contribution in [0.2, 0.25) is 0 Å². The van der Waals surface area contributed by atoms with Gasteiger partial charge in [-0.1, -0.05) is 41.5 Å². The first-order valence-corrected chi connectivity index (χ1v) is 5.66. The first kappa shape index (κ1) is 15.1. The summed E-state index contributed by atoms with van der Waals surface area (Å²) in [5.41, 5.74) is 0.736. The summed E-state index contributed by atoms with van der Waals surface area (Å²) < 4.78 is 0. The molecule has 0 unspecified atom stereocenters. The van der Waals surface area contributed by atoms with Gasteiger partial charge in [0.15, 0.2) is 11.6 Å². The molecule has 2 heteroatoms. The molecule has 0 bridgehead atoms. The molecule has 0 N–H and O–H groups in total. The lowest BCUT2D eigenvalue weighted by Gasteiger charge is -2.30. The highest BCUT2D eigenvalue weighted by Gasteiger charge is 2.32. The van der Waals surface area contributed by atoms with Crippen molar-refractivity contribution in [3.05, 3.63) is 11.1 Å². The molecule has 0 aromatic rings. The van der Waals surface area contributed by atoms with Gasteiger partial charge in [0.1, 0.15) is 0 Å². The number of hydrogen-bond donors (Lipinski definition) is 0. The maximum absolute atomic E-state index is 11.8. The first-order chi connectivity index (χ1) is 6.89. The summed E-state index contributed by atoms with van der Waals surface area (Å²) >= 11 is 0. The van der Waals surface area contributed by atoms with E-state index in [0.29, 0.717) is 11.1 Å². The second kappa shape index (κ2) is 4.52. The SMILES string of the molecule is CC(=O)/C(=C(/C(C)=O)C(C)(C)C)C(C)(C)C. The third kappa shape index (κ3) is 3.58. The topological polar surface area (TPSA) is 34.1 Å². The van der Waals surface area contributed by atoms with E-state index in [-0.39, 0.29) is 22.4 Å². The Morgan fingerprint density at radius 2 is 0.812 bits per heavy atom. The number of carbonyl (C=O) groups is 2. The largest absolute Gasteiger partial charge is 0.295 e. The summed E-state index contributed by atoms with van der Waals surface area (Å²) in [4.78, 5) is 23.5. The van der Waals surface area contributed by atoms with E-state index in [1.807, 2.05) is 41.5 Å². The van der Waals surface area contributed by atoms with Crippen molar-refractivity contribution < 1.29 is 9.59 Å². The third-order valence-corrected chi connectivity index (χ3v) is 2.45. The van der Waals surface area contributed by atoms with Gasteiger partial charge in [0.25, 0.3) is 0 Å². The number of carbonyl (C=O) groups excluding carboxylic acids is 2. The van der Waals surface area contributed by atoms with Gasteiger partial charge in [-0.15, -0.1) is 0 Å². The molecule has 0 aromatic carbocycles. The van der Waals surface area contributed by atoms with Crippen LogP contribution in [-0.4, -0.2) is 11.6 Å². The van der Waals surface area contributed by atoms with Crippen LogP contribution in [0.3, 0.4) is 0 Å². The number of Topliss-reactive ketones (excluding diaryl/α,β-unsaturated/α-hetero) is 2. The van der Waals surface area contributed by atoms with E-state index in [4.69, 9.17) is 0 Å². The van der Waals surface area contributed by atoms with Crippen LogP contribution in [0.25, 0.3) is 0 Å². The fourth-order valence-corrected chi connectivity index (χ4v) is 2.16. The zero-order valence-corrected chi connectivity index (χ0v) is 11.8. The number of rotatable bonds is 2. The van der Waals surface area contributed by atoms with Gasteiger partial charge in [-0.3, -0.25) is 9.59 Å². The fraction of sp³-hybridized carbons (Fsp3) is 0.714. The molecule has 0 radical (unpaired) electrons. The van der Waals surface area contributed by atoms with E-state index < -0.39 is 0 Å². The van der Waals surface area contributed by atoms with Gasteiger partial charge in [-0.25, -0.2) is 0 Å². The second-order valence-electron chi connectivity index (χ2n) is 6.36. The van der Waals surface area contributed by atoms with Crippen LogP contribution < -0.4 is 0 Å². The Morgan fingerprint density at radius 3 is 0.875 bits per heavy atom. The standard InChI is InChI=1S/C14H24O2/c1-9(15)11(13(3,4)5)12(10(2)16)14(6,7)8/h1-8H3/b12-11+. The Balaban J connectivity index is 6.09. The molecule has 0 aliphatic heterocycles. The van der Waals surface area contributed by atoms with Crippen molar-refractivity contribution >= 4 is 11.6 Å². The highest BCUT2D eigenvalue weighted by molar-refractivity contribution is 6.06. The second-order valence-corrected chi connectivity index (χ2v) is 6.36. The minimum absolute atomic E-state index is 0.00683. The van der Waals surface area contributed by atoms with Crippen molar-refractivity contribution in [1.82, 2.24) is 0 Å². The van der Waals surface area contributed by atoms with Gasteiger partial charge in [0.05, 0.1) is 0 Å². The predicted octanol–water partition coefficient (Wildman–Crippen LogP) is 3.55. The number of hydrogen-bond acceptors (Lipinski definition) is 2. The minimum atomic E-state index is -0.292. The van der Waals surface area contributed by atoms with Gasteiger partial charge in [-0.2, -0.15) is 0 Å². The molecule has 0 saturated carbocycles. The Labute approximate surface area is 99.1 Å². The van der Waals surface area contributed by atoms with E-state index in [2.05, 4.69) is 0 Å². The summed E-state index contributed by atoms with van der Waals surface area (Å²) in [6, 6.07) is 0. The summed E-state index contributed by atoms with van der Waals surface area (Å²) in [7, 11) is 0. The minimum Gasteiger partial charge on any atom is -0.295 e. The average Bonchev–Trinajstić information content (AvgIpc) is 1.92. The molecular formula is C14H24O2. The van der Waals surface area contributed by atoms with Gasteiger partial charge >= 0.3 is 0 Å². The van der Waals surface area contributed by atoms with Crippen molar-refractivity contribution in [2.24, 2.45) is 10.8 Å². The number of ketones is 2. The molecule has 2 nitrogen and oxygen atoms in total. The van der Waals surface area contributed by atoms with Crippen molar-refractivity contribution in [3.8, 4) is 0 Å². The molecule has 0 atom stereocenters. The van der Waals surface area contributed by atoms with Crippen LogP contribution in [0.5, 0.6) is 0 Å². The van der Waals surface area contributed by atoms with E-state index >= 15 is 0 Å². The normalized spacial score (nSPS) is 14.5. The summed E-state index contributed by atoms with van der Waals surface area (Å²) in [6.07, 6.45) is 0. The Kier molecular flexibility index (Phi) is 4.26. The Hall–Kier alpha value is -0.920. The van der Waals surface area contributed by atoms with E-state index in [1.54, 1.807) is 0 Å². The monoisotopic (exact) mass is 224 g/mol. The molecule has 0 saturated heterocycles.